The van der Waals surface area contributed by atoms with Gasteiger partial charge >= 0.3 is 0 Å². The summed E-state index contributed by atoms with van der Waals surface area (Å²) >= 11 is 1.69. The van der Waals surface area contributed by atoms with Crippen molar-refractivity contribution >= 4 is 22.9 Å². The van der Waals surface area contributed by atoms with Gasteiger partial charge in [0, 0.05) is 23.8 Å². The maximum absolute atomic E-state index is 12.6. The van der Waals surface area contributed by atoms with Crippen molar-refractivity contribution in [3.8, 4) is 0 Å². The zero-order chi connectivity index (χ0) is 20.9. The third-order valence-corrected chi connectivity index (χ3v) is 8.53. The second-order valence-corrected chi connectivity index (χ2v) is 11.2. The van der Waals surface area contributed by atoms with Gasteiger partial charge in [-0.15, -0.1) is 11.3 Å². The summed E-state index contributed by atoms with van der Waals surface area (Å²) in [6, 6.07) is 8.17. The second-order valence-electron chi connectivity index (χ2n) is 10.3. The smallest absolute Gasteiger partial charge is 0.230 e. The number of benzene rings is 1. The number of carbonyl (C=O) groups is 1. The number of nitrogens with one attached hydrogen (secondary N) is 1. The summed E-state index contributed by atoms with van der Waals surface area (Å²) in [7, 11) is 2.07. The van der Waals surface area contributed by atoms with Crippen molar-refractivity contribution < 1.29 is 4.79 Å². The van der Waals surface area contributed by atoms with Crippen LogP contribution in [0.5, 0.6) is 0 Å². The van der Waals surface area contributed by atoms with Crippen LogP contribution in [0.4, 0.5) is 5.69 Å². The van der Waals surface area contributed by atoms with Gasteiger partial charge in [0.05, 0.1) is 12.0 Å². The molecule has 6 rings (SSSR count). The van der Waals surface area contributed by atoms with Crippen LogP contribution in [-0.2, 0) is 18.3 Å². The highest BCUT2D eigenvalue weighted by Crippen LogP contribution is 2.57. The molecule has 0 aliphatic heterocycles. The first-order valence-electron chi connectivity index (χ1n) is 11.5. The first kappa shape index (κ1) is 20.0. The fourth-order valence-corrected chi connectivity index (χ4v) is 7.39. The zero-order valence-corrected chi connectivity index (χ0v) is 19.2. The summed E-state index contributed by atoms with van der Waals surface area (Å²) in [6.45, 7) is 4.35. The summed E-state index contributed by atoms with van der Waals surface area (Å²) in [4.78, 5) is 19.0. The molecule has 1 heterocycles. The fourth-order valence-electron chi connectivity index (χ4n) is 6.39. The monoisotopic (exact) mass is 423 g/mol. The highest BCUT2D eigenvalue weighted by Gasteiger charge is 2.51. The van der Waals surface area contributed by atoms with Crippen LogP contribution in [0, 0.1) is 17.8 Å². The lowest BCUT2D eigenvalue weighted by Crippen LogP contribution is -2.50. The number of aromatic nitrogens is 1. The molecular weight excluding hydrogens is 390 g/mol. The summed E-state index contributed by atoms with van der Waals surface area (Å²) in [6.07, 6.45) is 8.53. The molecular formula is C25H33N3OS. The van der Waals surface area contributed by atoms with E-state index in [2.05, 4.69) is 48.3 Å². The molecule has 5 heteroatoms. The van der Waals surface area contributed by atoms with Gasteiger partial charge < -0.3 is 9.88 Å². The van der Waals surface area contributed by atoms with Gasteiger partial charge in [-0.3, -0.25) is 9.79 Å². The Bertz CT molecular complexity index is 963. The molecule has 4 aliphatic carbocycles. The topological polar surface area (TPSA) is 46.4 Å². The summed E-state index contributed by atoms with van der Waals surface area (Å²) in [5, 5.41) is 5.15. The van der Waals surface area contributed by atoms with Crippen molar-refractivity contribution in [1.82, 2.24) is 4.57 Å². The molecule has 2 aromatic rings. The summed E-state index contributed by atoms with van der Waals surface area (Å²) in [5.41, 5.74) is 3.36. The third-order valence-electron chi connectivity index (χ3n) is 7.56. The molecule has 4 fully saturated rings. The molecule has 0 unspecified atom stereocenters. The molecule has 4 saturated carbocycles. The van der Waals surface area contributed by atoms with Crippen molar-refractivity contribution in [3.05, 3.63) is 45.7 Å². The molecule has 1 N–H and O–H groups in total. The second kappa shape index (κ2) is 7.67. The Hall–Kier alpha value is -1.88. The summed E-state index contributed by atoms with van der Waals surface area (Å²) in [5.74, 6) is 3.23. The van der Waals surface area contributed by atoms with Crippen LogP contribution >= 0.6 is 11.3 Å². The number of amides is 1. The highest BCUT2D eigenvalue weighted by atomic mass is 32.1. The Labute approximate surface area is 183 Å². The Kier molecular flexibility index (Phi) is 5.12. The van der Waals surface area contributed by atoms with Crippen LogP contribution < -0.4 is 10.1 Å². The zero-order valence-electron chi connectivity index (χ0n) is 18.4. The predicted molar refractivity (Wildman–Crippen MR) is 123 cm³/mol. The van der Waals surface area contributed by atoms with Gasteiger partial charge in [0.2, 0.25) is 5.91 Å². The molecule has 0 radical (unpaired) electrons. The molecule has 30 heavy (non-hydrogen) atoms. The molecule has 0 spiro atoms. The number of hydrogen-bond donors (Lipinski definition) is 1. The van der Waals surface area contributed by atoms with Crippen LogP contribution in [0.25, 0.3) is 0 Å². The van der Waals surface area contributed by atoms with E-state index >= 15 is 0 Å². The van der Waals surface area contributed by atoms with Crippen molar-refractivity contribution in [3.63, 3.8) is 0 Å². The van der Waals surface area contributed by atoms with E-state index in [9.17, 15) is 4.79 Å². The van der Waals surface area contributed by atoms with E-state index in [0.29, 0.717) is 12.3 Å². The first-order valence-corrected chi connectivity index (χ1v) is 12.4. The number of thiazole rings is 1. The van der Waals surface area contributed by atoms with Crippen LogP contribution in [0.1, 0.15) is 69.5 Å². The van der Waals surface area contributed by atoms with E-state index in [-0.39, 0.29) is 11.4 Å². The van der Waals surface area contributed by atoms with Gasteiger partial charge in [-0.2, -0.15) is 0 Å². The average Bonchev–Trinajstić information content (AvgIpc) is 3.00. The molecule has 160 valence electrons. The molecule has 1 aromatic carbocycles. The Balaban J connectivity index is 1.29. The largest absolute Gasteiger partial charge is 0.326 e. The van der Waals surface area contributed by atoms with Crippen LogP contribution in [0.2, 0.25) is 0 Å². The van der Waals surface area contributed by atoms with Gasteiger partial charge in [-0.1, -0.05) is 26.0 Å². The molecule has 0 atom stereocenters. The Morgan fingerprint density at radius 3 is 2.30 bits per heavy atom. The molecule has 0 saturated heterocycles. The Morgan fingerprint density at radius 1 is 1.13 bits per heavy atom. The van der Waals surface area contributed by atoms with E-state index in [1.807, 2.05) is 12.1 Å². The number of nitrogens with zero attached hydrogens (tertiary/aromatic N) is 2. The Morgan fingerprint density at radius 2 is 1.73 bits per heavy atom. The molecule has 4 nitrogen and oxygen atoms in total. The maximum Gasteiger partial charge on any atom is 0.230 e. The molecule has 4 bridgehead atoms. The highest BCUT2D eigenvalue weighted by molar-refractivity contribution is 7.07. The van der Waals surface area contributed by atoms with Crippen molar-refractivity contribution in [1.29, 1.82) is 0 Å². The van der Waals surface area contributed by atoms with Crippen LogP contribution in [0.3, 0.4) is 0 Å². The van der Waals surface area contributed by atoms with Gasteiger partial charge in [0.1, 0.15) is 0 Å². The quantitative estimate of drug-likeness (QED) is 0.700. The standard InChI is InChI=1S/C25H33N3OS/c1-16(2)20-4-6-21(7-5-20)26-23(29)11-22-15-30-24(28(22)3)27-25-12-17-8-18(13-25)10-19(9-17)14-25/h4-7,15-19H,8-14H2,1-3H3,(H,26,29)/b27-24-. The SMILES string of the molecule is CC(C)c1ccc(NC(=O)Cc2cs/c(=N\C34CC5CC(CC(C5)C3)C4)n2C)cc1. The fraction of sp³-hybridized carbons (Fsp3) is 0.600. The van der Waals surface area contributed by atoms with E-state index in [1.54, 1.807) is 11.3 Å². The molecule has 1 aromatic heterocycles. The minimum Gasteiger partial charge on any atom is -0.326 e. The number of hydrogen-bond acceptors (Lipinski definition) is 3. The number of rotatable bonds is 5. The minimum absolute atomic E-state index is 0.0297. The lowest BCUT2D eigenvalue weighted by molar-refractivity contribution is -0.115. The van der Waals surface area contributed by atoms with E-state index < -0.39 is 0 Å². The van der Waals surface area contributed by atoms with Gasteiger partial charge in [-0.25, -0.2) is 0 Å². The van der Waals surface area contributed by atoms with Crippen LogP contribution in [0.15, 0.2) is 34.6 Å². The van der Waals surface area contributed by atoms with Gasteiger partial charge in [-0.05, 0) is 79.9 Å². The van der Waals surface area contributed by atoms with E-state index in [1.165, 1.54) is 44.1 Å². The molecule has 1 amide bonds. The van der Waals surface area contributed by atoms with Crippen molar-refractivity contribution in [2.24, 2.45) is 29.8 Å². The maximum atomic E-state index is 12.6. The summed E-state index contributed by atoms with van der Waals surface area (Å²) < 4.78 is 2.14. The molecule has 4 aliphatic rings. The third kappa shape index (κ3) is 3.89. The van der Waals surface area contributed by atoms with E-state index in [4.69, 9.17) is 4.99 Å². The average molecular weight is 424 g/mol. The van der Waals surface area contributed by atoms with Crippen molar-refractivity contribution in [2.75, 3.05) is 5.32 Å². The first-order chi connectivity index (χ1) is 14.4. The van der Waals surface area contributed by atoms with E-state index in [0.717, 1.165) is 33.9 Å². The van der Waals surface area contributed by atoms with Crippen LogP contribution in [-0.4, -0.2) is 16.0 Å². The normalized spacial score (nSPS) is 30.3. The lowest BCUT2D eigenvalue weighted by atomic mass is 9.53. The lowest BCUT2D eigenvalue weighted by Gasteiger charge is -2.54. The minimum atomic E-state index is 0.0297. The number of carbonyl (C=O) groups excluding carboxylic acids is 1. The van der Waals surface area contributed by atoms with Crippen molar-refractivity contribution in [2.45, 2.75) is 70.3 Å². The van der Waals surface area contributed by atoms with Gasteiger partial charge in [0.15, 0.2) is 4.80 Å². The number of anilines is 1. The predicted octanol–water partition coefficient (Wildman–Crippen LogP) is 5.26. The van der Waals surface area contributed by atoms with Gasteiger partial charge in [0.25, 0.3) is 0 Å².